The average Bonchev–Trinajstić information content (AvgIpc) is 2.28. The second-order valence-corrected chi connectivity index (χ2v) is 3.96. The van der Waals surface area contributed by atoms with Crippen molar-refractivity contribution in [1.29, 1.82) is 0 Å². The van der Waals surface area contributed by atoms with E-state index in [-0.39, 0.29) is 11.8 Å². The molecule has 0 amide bonds. The van der Waals surface area contributed by atoms with E-state index in [0.717, 1.165) is 0 Å². The first-order chi connectivity index (χ1) is 8.10. The van der Waals surface area contributed by atoms with Crippen molar-refractivity contribution in [1.82, 2.24) is 15.0 Å². The summed E-state index contributed by atoms with van der Waals surface area (Å²) < 4.78 is 4.81. The van der Waals surface area contributed by atoms with Crippen LogP contribution in [0.5, 0.6) is 6.01 Å². The predicted molar refractivity (Wildman–Crippen MR) is 64.7 cm³/mol. The molecule has 2 aromatic rings. The largest absolute Gasteiger partial charge is 0.467 e. The lowest BCUT2D eigenvalue weighted by Crippen LogP contribution is -2.14. The average molecular weight is 272 g/mol. The Bertz CT molecular complexity index is 613. The molecular formula is C10H7Cl2N3O2. The van der Waals surface area contributed by atoms with Gasteiger partial charge >= 0.3 is 11.7 Å². The first-order valence-electron chi connectivity index (χ1n) is 4.58. The van der Waals surface area contributed by atoms with Crippen LogP contribution in [-0.2, 0) is 0 Å². The molecule has 1 aromatic heterocycles. The fourth-order valence-corrected chi connectivity index (χ4v) is 1.76. The maximum absolute atomic E-state index is 11.3. The van der Waals surface area contributed by atoms with E-state index in [1.165, 1.54) is 7.11 Å². The van der Waals surface area contributed by atoms with Gasteiger partial charge in [-0.05, 0) is 18.2 Å². The Morgan fingerprint density at radius 3 is 2.71 bits per heavy atom. The van der Waals surface area contributed by atoms with Gasteiger partial charge in [-0.1, -0.05) is 23.2 Å². The Hall–Kier alpha value is -1.59. The Balaban J connectivity index is 2.60. The van der Waals surface area contributed by atoms with E-state index >= 15 is 0 Å². The number of halogens is 2. The zero-order chi connectivity index (χ0) is 12.4. The number of nitrogens with one attached hydrogen (secondary N) is 1. The predicted octanol–water partition coefficient (Wildman–Crippen LogP) is 2.15. The Morgan fingerprint density at radius 1 is 1.29 bits per heavy atom. The van der Waals surface area contributed by atoms with Crippen LogP contribution < -0.4 is 10.4 Å². The molecule has 0 fully saturated rings. The van der Waals surface area contributed by atoms with Crippen LogP contribution in [0.25, 0.3) is 11.4 Å². The zero-order valence-electron chi connectivity index (χ0n) is 8.70. The van der Waals surface area contributed by atoms with Gasteiger partial charge in [0.1, 0.15) is 5.82 Å². The second-order valence-electron chi connectivity index (χ2n) is 3.11. The minimum absolute atomic E-state index is 0.0187. The highest BCUT2D eigenvalue weighted by atomic mass is 35.5. The maximum Gasteiger partial charge on any atom is 0.351 e. The molecule has 1 heterocycles. The van der Waals surface area contributed by atoms with Gasteiger partial charge in [0, 0.05) is 10.6 Å². The topological polar surface area (TPSA) is 67.9 Å². The van der Waals surface area contributed by atoms with Crippen molar-refractivity contribution in [2.24, 2.45) is 0 Å². The van der Waals surface area contributed by atoms with E-state index in [1.807, 2.05) is 0 Å². The summed E-state index contributed by atoms with van der Waals surface area (Å²) >= 11 is 11.8. The van der Waals surface area contributed by atoms with Crippen molar-refractivity contribution in [2.45, 2.75) is 0 Å². The molecule has 0 spiro atoms. The fraction of sp³-hybridized carbons (Fsp3) is 0.100. The van der Waals surface area contributed by atoms with Gasteiger partial charge in [0.2, 0.25) is 0 Å². The van der Waals surface area contributed by atoms with Crippen molar-refractivity contribution in [3.8, 4) is 17.4 Å². The lowest BCUT2D eigenvalue weighted by molar-refractivity contribution is 0.377. The number of hydrogen-bond donors (Lipinski definition) is 1. The number of nitrogens with zero attached hydrogens (tertiary/aromatic N) is 2. The Labute approximate surface area is 106 Å². The molecule has 1 aromatic carbocycles. The van der Waals surface area contributed by atoms with Gasteiger partial charge < -0.3 is 4.74 Å². The highest BCUT2D eigenvalue weighted by Crippen LogP contribution is 2.27. The molecule has 0 bridgehead atoms. The summed E-state index contributed by atoms with van der Waals surface area (Å²) in [6, 6.07) is 4.85. The third-order valence-electron chi connectivity index (χ3n) is 2.00. The summed E-state index contributed by atoms with van der Waals surface area (Å²) in [5.41, 5.74) is -0.00765. The summed E-state index contributed by atoms with van der Waals surface area (Å²) in [7, 11) is 1.38. The molecule has 88 valence electrons. The Morgan fingerprint density at radius 2 is 2.06 bits per heavy atom. The molecule has 0 aliphatic rings. The minimum atomic E-state index is -0.558. The molecule has 1 N–H and O–H groups in total. The number of hydrogen-bond acceptors (Lipinski definition) is 4. The minimum Gasteiger partial charge on any atom is -0.467 e. The first-order valence-corrected chi connectivity index (χ1v) is 5.33. The van der Waals surface area contributed by atoms with Crippen LogP contribution in [0.4, 0.5) is 0 Å². The Kier molecular flexibility index (Phi) is 3.31. The molecule has 5 nitrogen and oxygen atoms in total. The number of rotatable bonds is 2. The molecule has 0 radical (unpaired) electrons. The molecule has 0 aliphatic carbocycles. The van der Waals surface area contributed by atoms with Gasteiger partial charge in [0.25, 0.3) is 0 Å². The summed E-state index contributed by atoms with van der Waals surface area (Å²) in [5.74, 6) is 0.281. The molecule has 17 heavy (non-hydrogen) atoms. The second kappa shape index (κ2) is 4.73. The molecular weight excluding hydrogens is 265 g/mol. The van der Waals surface area contributed by atoms with Gasteiger partial charge in [-0.2, -0.15) is 4.98 Å². The van der Waals surface area contributed by atoms with E-state index < -0.39 is 5.69 Å². The first kappa shape index (κ1) is 11.9. The molecule has 0 saturated carbocycles. The number of aromatic amines is 1. The summed E-state index contributed by atoms with van der Waals surface area (Å²) in [5, 5.41) is 0.885. The van der Waals surface area contributed by atoms with Crippen LogP contribution >= 0.6 is 23.2 Å². The van der Waals surface area contributed by atoms with Crippen LogP contribution in [0.2, 0.25) is 10.0 Å². The van der Waals surface area contributed by atoms with Crippen LogP contribution in [0.3, 0.4) is 0 Å². The van der Waals surface area contributed by atoms with Gasteiger partial charge in [-0.15, -0.1) is 4.98 Å². The van der Waals surface area contributed by atoms with Gasteiger partial charge in [0.15, 0.2) is 0 Å². The molecule has 2 rings (SSSR count). The fourth-order valence-electron chi connectivity index (χ4n) is 1.27. The van der Waals surface area contributed by atoms with E-state index in [4.69, 9.17) is 27.9 Å². The van der Waals surface area contributed by atoms with E-state index in [2.05, 4.69) is 15.0 Å². The monoisotopic (exact) mass is 271 g/mol. The van der Waals surface area contributed by atoms with Gasteiger partial charge in [-0.25, -0.2) is 4.79 Å². The molecule has 0 atom stereocenters. The van der Waals surface area contributed by atoms with Crippen molar-refractivity contribution < 1.29 is 4.74 Å². The maximum atomic E-state index is 11.3. The highest BCUT2D eigenvalue weighted by Gasteiger charge is 2.09. The normalized spacial score (nSPS) is 10.3. The van der Waals surface area contributed by atoms with Gasteiger partial charge in [-0.3, -0.25) is 4.98 Å². The van der Waals surface area contributed by atoms with Gasteiger partial charge in [0.05, 0.1) is 12.1 Å². The number of H-pyrrole nitrogens is 1. The van der Waals surface area contributed by atoms with E-state index in [0.29, 0.717) is 15.6 Å². The summed E-state index contributed by atoms with van der Waals surface area (Å²) in [4.78, 5) is 21.2. The van der Waals surface area contributed by atoms with Crippen LogP contribution in [0.15, 0.2) is 23.0 Å². The van der Waals surface area contributed by atoms with E-state index in [1.54, 1.807) is 18.2 Å². The standard InChI is InChI=1S/C10H7Cl2N3O2/c1-17-10-14-8(13-9(16)15-10)6-3-2-5(11)4-7(6)12/h2-4H,1H3,(H,13,14,15,16). The van der Waals surface area contributed by atoms with Crippen molar-refractivity contribution in [2.75, 3.05) is 7.11 Å². The smallest absolute Gasteiger partial charge is 0.351 e. The summed E-state index contributed by atoms with van der Waals surface area (Å²) in [6.07, 6.45) is 0. The zero-order valence-corrected chi connectivity index (χ0v) is 10.2. The number of methoxy groups -OCH3 is 1. The third kappa shape index (κ3) is 2.57. The molecule has 7 heteroatoms. The lowest BCUT2D eigenvalue weighted by Gasteiger charge is -2.04. The van der Waals surface area contributed by atoms with Crippen molar-refractivity contribution >= 4 is 23.2 Å². The van der Waals surface area contributed by atoms with Crippen molar-refractivity contribution in [3.63, 3.8) is 0 Å². The summed E-state index contributed by atoms with van der Waals surface area (Å²) in [6.45, 7) is 0. The van der Waals surface area contributed by atoms with E-state index in [9.17, 15) is 4.79 Å². The number of ether oxygens (including phenoxy) is 1. The van der Waals surface area contributed by atoms with Crippen LogP contribution in [0.1, 0.15) is 0 Å². The van der Waals surface area contributed by atoms with Crippen LogP contribution in [-0.4, -0.2) is 22.1 Å². The molecule has 0 unspecified atom stereocenters. The lowest BCUT2D eigenvalue weighted by atomic mass is 10.2. The molecule has 0 saturated heterocycles. The number of benzene rings is 1. The molecule has 0 aliphatic heterocycles. The van der Waals surface area contributed by atoms with Crippen LogP contribution in [0, 0.1) is 0 Å². The SMILES string of the molecule is COc1nc(-c2ccc(Cl)cc2Cl)[nH]c(=O)n1. The third-order valence-corrected chi connectivity index (χ3v) is 2.55. The van der Waals surface area contributed by atoms with Crippen molar-refractivity contribution in [3.05, 3.63) is 38.7 Å². The number of aromatic nitrogens is 3. The highest BCUT2D eigenvalue weighted by molar-refractivity contribution is 6.36. The quantitative estimate of drug-likeness (QED) is 0.909.